The fraction of sp³-hybridized carbons (Fsp3) is 0.606. The van der Waals surface area contributed by atoms with Gasteiger partial charge in [-0.3, -0.25) is 0 Å². The minimum absolute atomic E-state index is 0.113. The second-order valence-electron chi connectivity index (χ2n) is 14.2. The number of rotatable bonds is 8. The maximum atomic E-state index is 9.69. The Kier molecular flexibility index (Phi) is 9.57. The van der Waals surface area contributed by atoms with Gasteiger partial charge in [-0.15, -0.1) is 0 Å². The van der Waals surface area contributed by atoms with Gasteiger partial charge in [0.2, 0.25) is 9.04 Å². The average Bonchev–Trinajstić information content (AvgIpc) is 2.98. The molecule has 3 nitrogen and oxygen atoms in total. The molecule has 0 bridgehead atoms. The van der Waals surface area contributed by atoms with Gasteiger partial charge in [-0.05, 0) is 71.4 Å². The molecule has 3 atom stereocenters. The van der Waals surface area contributed by atoms with Crippen LogP contribution in [0.1, 0.15) is 87.0 Å². The van der Waals surface area contributed by atoms with Gasteiger partial charge in [0.1, 0.15) is 0 Å². The van der Waals surface area contributed by atoms with E-state index in [4.69, 9.17) is 8.85 Å². The normalized spacial score (nSPS) is 25.1. The van der Waals surface area contributed by atoms with Crippen LogP contribution in [-0.4, -0.2) is 29.1 Å². The van der Waals surface area contributed by atoms with Crippen LogP contribution in [-0.2, 0) is 8.85 Å². The molecule has 0 aliphatic heterocycles. The van der Waals surface area contributed by atoms with Crippen LogP contribution in [0.3, 0.4) is 0 Å². The molecular formula is C33H51NO2Si2. The molecule has 1 fully saturated rings. The average molecular weight is 550 g/mol. The lowest BCUT2D eigenvalue weighted by molar-refractivity contribution is -0.138. The third kappa shape index (κ3) is 6.53. The van der Waals surface area contributed by atoms with Crippen LogP contribution in [0.5, 0.6) is 0 Å². The quantitative estimate of drug-likeness (QED) is 0.251. The topological polar surface area (TPSA) is 42.2 Å². The fourth-order valence-corrected chi connectivity index (χ4v) is 10.7. The Labute approximate surface area is 235 Å². The van der Waals surface area contributed by atoms with Crippen molar-refractivity contribution >= 4 is 27.7 Å². The van der Waals surface area contributed by atoms with Gasteiger partial charge in [-0.1, -0.05) is 109 Å². The summed E-state index contributed by atoms with van der Waals surface area (Å²) in [5, 5.41) is 12.5. The van der Waals surface area contributed by atoms with Crippen LogP contribution < -0.4 is 10.4 Å². The lowest BCUT2D eigenvalue weighted by Gasteiger charge is -2.57. The van der Waals surface area contributed by atoms with Crippen molar-refractivity contribution in [3.8, 4) is 6.07 Å². The van der Waals surface area contributed by atoms with E-state index in [0.717, 1.165) is 32.1 Å². The molecule has 2 aromatic carbocycles. The molecule has 1 aliphatic carbocycles. The smallest absolute Gasteiger partial charge is 0.240 e. The molecule has 0 N–H and O–H groups in total. The van der Waals surface area contributed by atoms with Crippen molar-refractivity contribution in [3.05, 3.63) is 60.7 Å². The molecule has 5 heteroatoms. The van der Waals surface area contributed by atoms with E-state index >= 15 is 0 Å². The van der Waals surface area contributed by atoms with Crippen LogP contribution in [0, 0.1) is 22.2 Å². The molecule has 0 amide bonds. The zero-order chi connectivity index (χ0) is 28.2. The second-order valence-corrected chi connectivity index (χ2v) is 21.3. The maximum absolute atomic E-state index is 9.69. The van der Waals surface area contributed by atoms with Gasteiger partial charge in [-0.2, -0.15) is 5.26 Å². The summed E-state index contributed by atoms with van der Waals surface area (Å²) < 4.78 is 14.8. The molecule has 1 aliphatic rings. The Bertz CT molecular complexity index is 1030. The summed E-state index contributed by atoms with van der Waals surface area (Å²) >= 11 is 0. The Hall–Kier alpha value is -1.72. The van der Waals surface area contributed by atoms with E-state index in [0.29, 0.717) is 6.42 Å². The fourth-order valence-electron chi connectivity index (χ4n) is 6.31. The Morgan fingerprint density at radius 1 is 0.895 bits per heavy atom. The number of nitriles is 1. The molecule has 0 aromatic heterocycles. The van der Waals surface area contributed by atoms with E-state index in [-0.39, 0.29) is 27.6 Å². The van der Waals surface area contributed by atoms with Crippen molar-refractivity contribution in [3.63, 3.8) is 0 Å². The number of benzene rings is 2. The zero-order valence-corrected chi connectivity index (χ0v) is 27.6. The molecule has 0 saturated heterocycles. The lowest BCUT2D eigenvalue weighted by atomic mass is 9.57. The minimum Gasteiger partial charge on any atom is -0.414 e. The van der Waals surface area contributed by atoms with E-state index in [2.05, 4.69) is 128 Å². The largest absolute Gasteiger partial charge is 0.414 e. The first kappa shape index (κ1) is 30.8. The number of hydrogen-bond acceptors (Lipinski definition) is 3. The molecule has 0 spiro atoms. The van der Waals surface area contributed by atoms with E-state index < -0.39 is 17.4 Å². The predicted octanol–water partition coefficient (Wildman–Crippen LogP) is 7.60. The van der Waals surface area contributed by atoms with Crippen molar-refractivity contribution < 1.29 is 8.85 Å². The SMILES string of the molecule is CC(C)(C)[C@]1(O[SiH](c2ccccc2)c2ccccc2)CCC(O[Si](C)(C)C(C)(C)C)CC[C@@]1(C)CCC#N. The Balaban J connectivity index is 2.11. The standard InChI is InChI=1S/C33H51NO2Si2/c1-30(2,3)33(36-37(28-17-12-10-13-18-28)29-19-14-11-15-20-29)25-22-27(35-38(8,9)31(4,5)6)21-24-32(33,7)23-16-26-34/h10-15,17-20,27,37H,16,21-25H2,1-9H3/t27?,32-,33-/m1/s1. The van der Waals surface area contributed by atoms with Crippen molar-refractivity contribution in [2.45, 2.75) is 117 Å². The van der Waals surface area contributed by atoms with Gasteiger partial charge < -0.3 is 8.85 Å². The van der Waals surface area contributed by atoms with Crippen LogP contribution in [0.15, 0.2) is 60.7 Å². The van der Waals surface area contributed by atoms with E-state index in [1.165, 1.54) is 10.4 Å². The number of nitrogens with zero attached hydrogens (tertiary/aromatic N) is 1. The molecule has 3 rings (SSSR count). The van der Waals surface area contributed by atoms with E-state index in [9.17, 15) is 5.26 Å². The summed E-state index contributed by atoms with van der Waals surface area (Å²) in [5.74, 6) is 0. The predicted molar refractivity (Wildman–Crippen MR) is 166 cm³/mol. The molecule has 1 unspecified atom stereocenters. The Morgan fingerprint density at radius 3 is 1.84 bits per heavy atom. The van der Waals surface area contributed by atoms with Crippen molar-refractivity contribution in [2.24, 2.45) is 10.8 Å². The van der Waals surface area contributed by atoms with Crippen LogP contribution in [0.25, 0.3) is 0 Å². The summed E-state index contributed by atoms with van der Waals surface area (Å²) in [6.07, 6.45) is 5.61. The third-order valence-electron chi connectivity index (χ3n) is 9.60. The highest BCUT2D eigenvalue weighted by molar-refractivity contribution is 6.80. The van der Waals surface area contributed by atoms with Crippen LogP contribution in [0.2, 0.25) is 18.1 Å². The highest BCUT2D eigenvalue weighted by Crippen LogP contribution is 2.57. The maximum Gasteiger partial charge on any atom is 0.240 e. The zero-order valence-electron chi connectivity index (χ0n) is 25.4. The van der Waals surface area contributed by atoms with Gasteiger partial charge >= 0.3 is 0 Å². The first-order valence-corrected chi connectivity index (χ1v) is 19.0. The first-order valence-electron chi connectivity index (χ1n) is 14.5. The highest BCUT2D eigenvalue weighted by atomic mass is 28.4. The van der Waals surface area contributed by atoms with Gasteiger partial charge in [0.25, 0.3) is 0 Å². The summed E-state index contributed by atoms with van der Waals surface area (Å²) in [7, 11) is -3.93. The third-order valence-corrected chi connectivity index (χ3v) is 16.8. The molecule has 0 heterocycles. The van der Waals surface area contributed by atoms with Gasteiger partial charge in [-0.25, -0.2) is 0 Å². The van der Waals surface area contributed by atoms with E-state index in [1.807, 2.05) is 0 Å². The summed E-state index contributed by atoms with van der Waals surface area (Å²) in [4.78, 5) is 0. The van der Waals surface area contributed by atoms with Crippen LogP contribution >= 0.6 is 0 Å². The monoisotopic (exact) mass is 549 g/mol. The van der Waals surface area contributed by atoms with Crippen molar-refractivity contribution in [1.82, 2.24) is 0 Å². The first-order chi connectivity index (χ1) is 17.7. The molecule has 208 valence electrons. The minimum atomic E-state index is -2.03. The van der Waals surface area contributed by atoms with Crippen molar-refractivity contribution in [1.29, 1.82) is 5.26 Å². The van der Waals surface area contributed by atoms with Gasteiger partial charge in [0, 0.05) is 12.5 Å². The van der Waals surface area contributed by atoms with Gasteiger partial charge in [0.05, 0.1) is 11.7 Å². The summed E-state index contributed by atoms with van der Waals surface area (Å²) in [6.45, 7) is 21.2. The molecule has 38 heavy (non-hydrogen) atoms. The van der Waals surface area contributed by atoms with Crippen molar-refractivity contribution in [2.75, 3.05) is 0 Å². The Morgan fingerprint density at radius 2 is 1.39 bits per heavy atom. The summed E-state index contributed by atoms with van der Waals surface area (Å²) in [5.41, 5.74) is -0.635. The molecule has 2 aromatic rings. The number of hydrogen-bond donors (Lipinski definition) is 0. The summed E-state index contributed by atoms with van der Waals surface area (Å²) in [6, 6.07) is 24.2. The molecular weight excluding hydrogens is 499 g/mol. The molecule has 1 saturated carbocycles. The highest BCUT2D eigenvalue weighted by Gasteiger charge is 2.58. The second kappa shape index (κ2) is 11.8. The van der Waals surface area contributed by atoms with E-state index in [1.54, 1.807) is 0 Å². The molecule has 0 radical (unpaired) electrons. The van der Waals surface area contributed by atoms with Crippen LogP contribution in [0.4, 0.5) is 0 Å². The lowest BCUT2D eigenvalue weighted by Crippen LogP contribution is -2.63. The van der Waals surface area contributed by atoms with Gasteiger partial charge in [0.15, 0.2) is 8.32 Å².